The number of hydrogen-bond donors (Lipinski definition) is 1. The molecule has 3 unspecified atom stereocenters. The van der Waals surface area contributed by atoms with Crippen molar-refractivity contribution in [2.75, 3.05) is 0 Å². The molecule has 2 saturated carbocycles. The molecule has 0 radical (unpaired) electrons. The van der Waals surface area contributed by atoms with Gasteiger partial charge in [-0.3, -0.25) is 0 Å². The van der Waals surface area contributed by atoms with Crippen LogP contribution in [0, 0.1) is 11.8 Å². The maximum Gasteiger partial charge on any atom is 0.254 e. The first kappa shape index (κ1) is 8.42. The predicted octanol–water partition coefficient (Wildman–Crippen LogP) is 2.16. The fourth-order valence-corrected chi connectivity index (χ4v) is 2.39. The predicted molar refractivity (Wildman–Crippen MR) is 43.0 cm³/mol. The van der Waals surface area contributed by atoms with Crippen LogP contribution in [0.5, 0.6) is 0 Å². The highest BCUT2D eigenvalue weighted by molar-refractivity contribution is 5.05. The van der Waals surface area contributed by atoms with Crippen LogP contribution in [0.3, 0.4) is 0 Å². The third kappa shape index (κ3) is 1.24. The summed E-state index contributed by atoms with van der Waals surface area (Å²) in [5.41, 5.74) is 5.73. The molecule has 0 bridgehead atoms. The summed E-state index contributed by atoms with van der Waals surface area (Å²) in [6.45, 7) is 0. The van der Waals surface area contributed by atoms with E-state index in [2.05, 4.69) is 0 Å². The van der Waals surface area contributed by atoms with Crippen LogP contribution in [-0.2, 0) is 0 Å². The second kappa shape index (κ2) is 2.66. The Labute approximate surface area is 71.3 Å². The monoisotopic (exact) mass is 175 g/mol. The van der Waals surface area contributed by atoms with E-state index in [-0.39, 0.29) is 17.9 Å². The molecule has 0 spiro atoms. The van der Waals surface area contributed by atoms with Crippen molar-refractivity contribution in [3.8, 4) is 0 Å². The fourth-order valence-electron chi connectivity index (χ4n) is 2.39. The van der Waals surface area contributed by atoms with Gasteiger partial charge in [0.2, 0.25) is 0 Å². The van der Waals surface area contributed by atoms with Gasteiger partial charge in [0.05, 0.1) is 0 Å². The molecule has 0 heterocycles. The lowest BCUT2D eigenvalue weighted by atomic mass is 9.98. The van der Waals surface area contributed by atoms with Crippen LogP contribution >= 0.6 is 0 Å². The molecule has 3 atom stereocenters. The first-order valence-corrected chi connectivity index (χ1v) is 4.75. The molecule has 0 saturated heterocycles. The van der Waals surface area contributed by atoms with Crippen molar-refractivity contribution < 1.29 is 8.78 Å². The van der Waals surface area contributed by atoms with E-state index in [0.29, 0.717) is 12.8 Å². The highest BCUT2D eigenvalue weighted by atomic mass is 19.3. The summed E-state index contributed by atoms with van der Waals surface area (Å²) in [4.78, 5) is 0. The highest BCUT2D eigenvalue weighted by Gasteiger charge is 2.66. The minimum absolute atomic E-state index is 0.169. The topological polar surface area (TPSA) is 26.0 Å². The molecule has 0 aliphatic heterocycles. The molecule has 0 amide bonds. The average molecular weight is 175 g/mol. The van der Waals surface area contributed by atoms with Crippen LogP contribution < -0.4 is 5.73 Å². The number of nitrogens with two attached hydrogens (primary N) is 1. The van der Waals surface area contributed by atoms with E-state index in [0.717, 1.165) is 19.3 Å². The van der Waals surface area contributed by atoms with E-state index in [4.69, 9.17) is 5.73 Å². The van der Waals surface area contributed by atoms with Crippen LogP contribution in [-0.4, -0.2) is 12.0 Å². The van der Waals surface area contributed by atoms with Crippen molar-refractivity contribution in [1.29, 1.82) is 0 Å². The van der Waals surface area contributed by atoms with Crippen LogP contribution in [0.15, 0.2) is 0 Å². The van der Waals surface area contributed by atoms with Crippen molar-refractivity contribution in [3.63, 3.8) is 0 Å². The minimum atomic E-state index is -2.34. The zero-order chi connectivity index (χ0) is 8.77. The van der Waals surface area contributed by atoms with Gasteiger partial charge in [0, 0.05) is 17.9 Å². The van der Waals surface area contributed by atoms with Gasteiger partial charge < -0.3 is 5.73 Å². The normalized spacial score (nSPS) is 45.8. The minimum Gasteiger partial charge on any atom is -0.328 e. The van der Waals surface area contributed by atoms with Gasteiger partial charge >= 0.3 is 0 Å². The molecule has 0 aromatic rings. The quantitative estimate of drug-likeness (QED) is 0.600. The molecule has 0 aromatic heterocycles. The van der Waals surface area contributed by atoms with E-state index in [9.17, 15) is 8.78 Å². The molecule has 1 nitrogen and oxygen atoms in total. The van der Waals surface area contributed by atoms with Gasteiger partial charge in [0.15, 0.2) is 0 Å². The van der Waals surface area contributed by atoms with Gasteiger partial charge in [-0.05, 0) is 25.7 Å². The number of fused-ring (bicyclic) bond motifs is 1. The molecule has 70 valence electrons. The lowest BCUT2D eigenvalue weighted by Crippen LogP contribution is -2.20. The smallest absolute Gasteiger partial charge is 0.254 e. The van der Waals surface area contributed by atoms with Gasteiger partial charge in [-0.25, -0.2) is 8.78 Å². The largest absolute Gasteiger partial charge is 0.328 e. The van der Waals surface area contributed by atoms with Crippen LogP contribution in [0.25, 0.3) is 0 Å². The van der Waals surface area contributed by atoms with Crippen LogP contribution in [0.4, 0.5) is 8.78 Å². The maximum absolute atomic E-state index is 12.9. The van der Waals surface area contributed by atoms with Gasteiger partial charge in [-0.1, -0.05) is 6.42 Å². The molecule has 2 fully saturated rings. The maximum atomic E-state index is 12.9. The Morgan fingerprint density at radius 3 is 2.42 bits per heavy atom. The van der Waals surface area contributed by atoms with Crippen molar-refractivity contribution in [3.05, 3.63) is 0 Å². The van der Waals surface area contributed by atoms with Crippen molar-refractivity contribution in [1.82, 2.24) is 0 Å². The van der Waals surface area contributed by atoms with E-state index < -0.39 is 5.92 Å². The summed E-state index contributed by atoms with van der Waals surface area (Å²) in [6, 6.07) is 0.169. The average Bonchev–Trinajstić information content (AvgIpc) is 2.44. The molecule has 2 aliphatic carbocycles. The van der Waals surface area contributed by atoms with Gasteiger partial charge in [0.1, 0.15) is 0 Å². The molecular formula is C9H15F2N. The number of hydrogen-bond acceptors (Lipinski definition) is 1. The Morgan fingerprint density at radius 1 is 1.00 bits per heavy atom. The summed E-state index contributed by atoms with van der Waals surface area (Å²) in [7, 11) is 0. The second-order valence-electron chi connectivity index (χ2n) is 4.16. The summed E-state index contributed by atoms with van der Waals surface area (Å²) < 4.78 is 25.9. The Morgan fingerprint density at radius 2 is 1.67 bits per heavy atom. The second-order valence-corrected chi connectivity index (χ2v) is 4.16. The van der Waals surface area contributed by atoms with Gasteiger partial charge in [0.25, 0.3) is 5.92 Å². The zero-order valence-electron chi connectivity index (χ0n) is 7.10. The molecule has 2 rings (SSSR count). The molecule has 2 N–H and O–H groups in total. The molecule has 12 heavy (non-hydrogen) atoms. The summed E-state index contributed by atoms with van der Waals surface area (Å²) in [6.07, 6.45) is 3.93. The van der Waals surface area contributed by atoms with Gasteiger partial charge in [-0.15, -0.1) is 0 Å². The molecule has 0 aromatic carbocycles. The summed E-state index contributed by atoms with van der Waals surface area (Å²) in [5, 5.41) is 0. The third-order valence-corrected chi connectivity index (χ3v) is 3.30. The van der Waals surface area contributed by atoms with Crippen LogP contribution in [0.2, 0.25) is 0 Å². The van der Waals surface area contributed by atoms with Crippen LogP contribution in [0.1, 0.15) is 32.1 Å². The summed E-state index contributed by atoms with van der Waals surface area (Å²) in [5.74, 6) is -2.97. The van der Waals surface area contributed by atoms with E-state index >= 15 is 0 Å². The fraction of sp³-hybridized carbons (Fsp3) is 1.00. The third-order valence-electron chi connectivity index (χ3n) is 3.30. The summed E-state index contributed by atoms with van der Waals surface area (Å²) >= 11 is 0. The number of halogens is 2. The Kier molecular flexibility index (Phi) is 1.86. The number of alkyl halides is 2. The van der Waals surface area contributed by atoms with Gasteiger partial charge in [-0.2, -0.15) is 0 Å². The first-order valence-electron chi connectivity index (χ1n) is 4.75. The molecular weight excluding hydrogens is 160 g/mol. The Hall–Kier alpha value is -0.180. The Bertz CT molecular complexity index is 181. The Balaban J connectivity index is 1.95. The molecule has 3 heteroatoms. The zero-order valence-corrected chi connectivity index (χ0v) is 7.10. The van der Waals surface area contributed by atoms with E-state index in [1.54, 1.807) is 0 Å². The lowest BCUT2D eigenvalue weighted by Gasteiger charge is -2.12. The highest BCUT2D eigenvalue weighted by Crippen LogP contribution is 2.60. The van der Waals surface area contributed by atoms with E-state index in [1.165, 1.54) is 0 Å². The van der Waals surface area contributed by atoms with Crippen molar-refractivity contribution in [2.24, 2.45) is 17.6 Å². The molecule has 2 aliphatic rings. The van der Waals surface area contributed by atoms with E-state index in [1.807, 2.05) is 0 Å². The SMILES string of the molecule is NC1CCCC2C(CC1)C2(F)F. The first-order chi connectivity index (χ1) is 5.62. The standard InChI is InChI=1S/C9H15F2N/c10-9(11)7-3-1-2-6(12)4-5-8(7)9/h6-8H,1-5,12H2. The van der Waals surface area contributed by atoms with Crippen molar-refractivity contribution >= 4 is 0 Å². The number of rotatable bonds is 0. The van der Waals surface area contributed by atoms with Crippen molar-refractivity contribution in [2.45, 2.75) is 44.1 Å². The lowest BCUT2D eigenvalue weighted by molar-refractivity contribution is 0.0817.